The molecule has 0 amide bonds. The van der Waals surface area contributed by atoms with Crippen LogP contribution in [0.4, 0.5) is 0 Å². The van der Waals surface area contributed by atoms with Crippen molar-refractivity contribution in [2.45, 2.75) is 193 Å². The summed E-state index contributed by atoms with van der Waals surface area (Å²) in [6, 6.07) is 0. The summed E-state index contributed by atoms with van der Waals surface area (Å²) in [5.41, 5.74) is 0. The van der Waals surface area contributed by atoms with E-state index in [0.29, 0.717) is 12.8 Å². The number of carbonyl (C=O) groups excluding carboxylic acids is 2. The Balaban J connectivity index is 4.37. The molecule has 11 heteroatoms. The fourth-order valence-electron chi connectivity index (χ4n) is 5.51. The van der Waals surface area contributed by atoms with Gasteiger partial charge < -0.3 is 24.6 Å². The van der Waals surface area contributed by atoms with Crippen molar-refractivity contribution in [2.75, 3.05) is 26.4 Å². The van der Waals surface area contributed by atoms with E-state index in [1.54, 1.807) is 0 Å². The van der Waals surface area contributed by atoms with E-state index in [1.807, 2.05) is 0 Å². The third-order valence-corrected chi connectivity index (χ3v) is 9.75. The molecule has 3 N–H and O–H groups in total. The molecular formula is C42H77O10P. The summed E-state index contributed by atoms with van der Waals surface area (Å²) in [5, 5.41) is 18.3. The van der Waals surface area contributed by atoms with Crippen LogP contribution in [0.3, 0.4) is 0 Å². The van der Waals surface area contributed by atoms with Gasteiger partial charge in [0.25, 0.3) is 0 Å². The van der Waals surface area contributed by atoms with Crippen molar-refractivity contribution in [3.05, 3.63) is 36.5 Å². The molecule has 0 aromatic heterocycles. The standard InChI is InChI=1S/C42H77O10P/c1-3-5-7-9-11-13-15-17-19-21-23-25-27-29-31-33-41(45)49-37-40(38-51-53(47,48)50-36-39(44)35-43)52-42(46)34-32-30-28-26-24-22-20-18-16-14-12-10-8-6-4-2/h14,16,18,20-21,23,39-40,43-44H,3-13,15,17,19,22,24-38H2,1-2H3,(H,47,48)/b16-14+,20-18+,23-21+/t39-,40+/m0/s1. The molecule has 0 saturated carbocycles. The molecule has 0 saturated heterocycles. The molecule has 0 aliphatic heterocycles. The number of unbranched alkanes of at least 4 members (excludes halogenated alkanes) is 20. The lowest BCUT2D eigenvalue weighted by Gasteiger charge is -2.20. The molecule has 1 unspecified atom stereocenters. The van der Waals surface area contributed by atoms with Crippen LogP contribution in [0.2, 0.25) is 0 Å². The number of phosphoric ester groups is 1. The highest BCUT2D eigenvalue weighted by molar-refractivity contribution is 7.47. The van der Waals surface area contributed by atoms with Crippen LogP contribution < -0.4 is 0 Å². The summed E-state index contributed by atoms with van der Waals surface area (Å²) in [6.07, 6.45) is 38.2. The Morgan fingerprint density at radius 2 is 0.981 bits per heavy atom. The molecule has 0 bridgehead atoms. The van der Waals surface area contributed by atoms with Gasteiger partial charge in [0.05, 0.1) is 19.8 Å². The van der Waals surface area contributed by atoms with Gasteiger partial charge in [0.1, 0.15) is 12.7 Å². The molecule has 10 nitrogen and oxygen atoms in total. The van der Waals surface area contributed by atoms with Gasteiger partial charge in [0.15, 0.2) is 6.10 Å². The number of aliphatic hydroxyl groups excluding tert-OH is 2. The molecule has 0 heterocycles. The average Bonchev–Trinajstić information content (AvgIpc) is 3.14. The minimum atomic E-state index is -4.62. The first kappa shape index (κ1) is 51.2. The normalized spacial score (nSPS) is 14.3. The second-order valence-corrected chi connectivity index (χ2v) is 15.5. The molecule has 0 spiro atoms. The Kier molecular flexibility index (Phi) is 37.2. The molecule has 53 heavy (non-hydrogen) atoms. The van der Waals surface area contributed by atoms with Crippen LogP contribution >= 0.6 is 7.82 Å². The number of hydrogen-bond acceptors (Lipinski definition) is 9. The third-order valence-electron chi connectivity index (χ3n) is 8.79. The second-order valence-electron chi connectivity index (χ2n) is 14.0. The largest absolute Gasteiger partial charge is 0.472 e. The first-order valence-corrected chi connectivity index (χ1v) is 22.5. The SMILES string of the molecule is CCCCCC/C=C/C=C/CCCCCCCC(=O)O[C@H](COC(=O)CCCCC/C=C/CCCCCCCCCC)COP(=O)(O)OC[C@@H](O)CO. The van der Waals surface area contributed by atoms with Crippen molar-refractivity contribution in [3.63, 3.8) is 0 Å². The molecule has 0 radical (unpaired) electrons. The topological polar surface area (TPSA) is 149 Å². The first-order chi connectivity index (χ1) is 25.7. The highest BCUT2D eigenvalue weighted by atomic mass is 31.2. The minimum Gasteiger partial charge on any atom is -0.462 e. The van der Waals surface area contributed by atoms with Crippen molar-refractivity contribution in [2.24, 2.45) is 0 Å². The summed E-state index contributed by atoms with van der Waals surface area (Å²) in [5.74, 6) is -0.960. The predicted octanol–water partition coefficient (Wildman–Crippen LogP) is 10.8. The summed E-state index contributed by atoms with van der Waals surface area (Å²) in [7, 11) is -4.62. The van der Waals surface area contributed by atoms with E-state index in [2.05, 4.69) is 54.8 Å². The zero-order valence-electron chi connectivity index (χ0n) is 33.5. The van der Waals surface area contributed by atoms with E-state index in [0.717, 1.165) is 64.2 Å². The van der Waals surface area contributed by atoms with Gasteiger partial charge in [-0.2, -0.15) is 0 Å². The minimum absolute atomic E-state index is 0.164. The number of allylic oxidation sites excluding steroid dienone is 6. The Hall–Kier alpha value is -1.81. The van der Waals surface area contributed by atoms with Crippen molar-refractivity contribution in [1.29, 1.82) is 0 Å². The predicted molar refractivity (Wildman–Crippen MR) is 214 cm³/mol. The molecule has 0 rings (SSSR count). The first-order valence-electron chi connectivity index (χ1n) is 21.0. The van der Waals surface area contributed by atoms with E-state index < -0.39 is 51.8 Å². The van der Waals surface area contributed by atoms with Gasteiger partial charge in [0, 0.05) is 12.8 Å². The average molecular weight is 773 g/mol. The van der Waals surface area contributed by atoms with Crippen LogP contribution in [-0.4, -0.2) is 65.7 Å². The maximum Gasteiger partial charge on any atom is 0.472 e. The van der Waals surface area contributed by atoms with Gasteiger partial charge in [-0.25, -0.2) is 4.57 Å². The quantitative estimate of drug-likeness (QED) is 0.0181. The Labute approximate surface area is 322 Å². The molecule has 3 atom stereocenters. The number of hydrogen-bond donors (Lipinski definition) is 3. The monoisotopic (exact) mass is 773 g/mol. The van der Waals surface area contributed by atoms with Crippen molar-refractivity contribution >= 4 is 19.8 Å². The van der Waals surface area contributed by atoms with Crippen LogP contribution in [0.5, 0.6) is 0 Å². The molecule has 310 valence electrons. The number of esters is 2. The molecule has 0 aliphatic carbocycles. The van der Waals surface area contributed by atoms with Crippen LogP contribution in [0.1, 0.15) is 181 Å². The smallest absolute Gasteiger partial charge is 0.462 e. The molecule has 0 aromatic rings. The van der Waals surface area contributed by atoms with Gasteiger partial charge in [-0.3, -0.25) is 18.6 Å². The van der Waals surface area contributed by atoms with Crippen LogP contribution in [0, 0.1) is 0 Å². The fourth-order valence-corrected chi connectivity index (χ4v) is 6.30. The molecule has 0 aliphatic rings. The number of ether oxygens (including phenoxy) is 2. The van der Waals surface area contributed by atoms with Crippen molar-refractivity contribution in [1.82, 2.24) is 0 Å². The van der Waals surface area contributed by atoms with E-state index in [9.17, 15) is 24.2 Å². The zero-order chi connectivity index (χ0) is 39.1. The summed E-state index contributed by atoms with van der Waals surface area (Å²) < 4.78 is 32.6. The number of aliphatic hydroxyl groups is 2. The van der Waals surface area contributed by atoms with Gasteiger partial charge in [-0.15, -0.1) is 0 Å². The second kappa shape index (κ2) is 38.5. The van der Waals surface area contributed by atoms with Crippen LogP contribution in [-0.2, 0) is 32.7 Å². The number of carbonyl (C=O) groups is 2. The lowest BCUT2D eigenvalue weighted by atomic mass is 10.1. The summed E-state index contributed by atoms with van der Waals surface area (Å²) in [6.45, 7) is 2.32. The lowest BCUT2D eigenvalue weighted by molar-refractivity contribution is -0.161. The Morgan fingerprint density at radius 3 is 1.51 bits per heavy atom. The lowest BCUT2D eigenvalue weighted by Crippen LogP contribution is -2.29. The zero-order valence-corrected chi connectivity index (χ0v) is 34.4. The van der Waals surface area contributed by atoms with Gasteiger partial charge >= 0.3 is 19.8 Å². The molecule has 0 aromatic carbocycles. The number of phosphoric acid groups is 1. The van der Waals surface area contributed by atoms with Crippen molar-refractivity contribution < 1.29 is 47.8 Å². The maximum absolute atomic E-state index is 12.6. The number of rotatable bonds is 39. The maximum atomic E-state index is 12.6. The third kappa shape index (κ3) is 38.3. The van der Waals surface area contributed by atoms with Crippen molar-refractivity contribution in [3.8, 4) is 0 Å². The van der Waals surface area contributed by atoms with Gasteiger partial charge in [-0.05, 0) is 64.2 Å². The Bertz CT molecular complexity index is 983. The van der Waals surface area contributed by atoms with E-state index in [1.165, 1.54) is 77.0 Å². The fraction of sp³-hybridized carbons (Fsp3) is 0.810. The highest BCUT2D eigenvalue weighted by Gasteiger charge is 2.27. The summed E-state index contributed by atoms with van der Waals surface area (Å²) >= 11 is 0. The van der Waals surface area contributed by atoms with Crippen LogP contribution in [0.25, 0.3) is 0 Å². The van der Waals surface area contributed by atoms with Gasteiger partial charge in [0.2, 0.25) is 0 Å². The molecule has 0 fully saturated rings. The van der Waals surface area contributed by atoms with E-state index in [4.69, 9.17) is 19.1 Å². The van der Waals surface area contributed by atoms with E-state index in [-0.39, 0.29) is 19.4 Å². The van der Waals surface area contributed by atoms with Gasteiger partial charge in [-0.1, -0.05) is 140 Å². The van der Waals surface area contributed by atoms with E-state index >= 15 is 0 Å². The summed E-state index contributed by atoms with van der Waals surface area (Å²) in [4.78, 5) is 34.9. The highest BCUT2D eigenvalue weighted by Crippen LogP contribution is 2.43. The molecular weight excluding hydrogens is 695 g/mol. The van der Waals surface area contributed by atoms with Crippen LogP contribution in [0.15, 0.2) is 36.5 Å². The Morgan fingerprint density at radius 1 is 0.566 bits per heavy atom.